The number of aryl methyl sites for hydroxylation is 1. The molecule has 2 amide bonds. The molecule has 0 aliphatic carbocycles. The van der Waals surface area contributed by atoms with Crippen LogP contribution in [0.1, 0.15) is 18.9 Å². The third-order valence-electron chi connectivity index (χ3n) is 4.18. The molecule has 6 heteroatoms. The number of hydrogen-bond acceptors (Lipinski definition) is 4. The minimum Gasteiger partial charge on any atom is -0.341 e. The summed E-state index contributed by atoms with van der Waals surface area (Å²) in [6, 6.07) is 7.70. The van der Waals surface area contributed by atoms with E-state index in [1.165, 1.54) is 11.8 Å². The highest BCUT2D eigenvalue weighted by molar-refractivity contribution is 8.00. The maximum atomic E-state index is 12.3. The van der Waals surface area contributed by atoms with Crippen LogP contribution < -0.4 is 5.32 Å². The Kier molecular flexibility index (Phi) is 7.59. The highest BCUT2D eigenvalue weighted by atomic mass is 32.2. The Morgan fingerprint density at radius 2 is 1.83 bits per heavy atom. The molecule has 1 saturated heterocycles. The van der Waals surface area contributed by atoms with Crippen LogP contribution in [0.15, 0.2) is 24.3 Å². The Bertz CT molecular complexity index is 548. The van der Waals surface area contributed by atoms with Crippen LogP contribution in [0.25, 0.3) is 0 Å². The molecule has 5 nitrogen and oxygen atoms in total. The van der Waals surface area contributed by atoms with Crippen LogP contribution in [0.2, 0.25) is 0 Å². The van der Waals surface area contributed by atoms with Crippen LogP contribution in [0.4, 0.5) is 5.69 Å². The second kappa shape index (κ2) is 9.69. The van der Waals surface area contributed by atoms with Gasteiger partial charge in [-0.15, -0.1) is 11.8 Å². The van der Waals surface area contributed by atoms with Crippen LogP contribution in [0, 0.1) is 6.92 Å². The highest BCUT2D eigenvalue weighted by Gasteiger charge is 2.18. The fourth-order valence-corrected chi connectivity index (χ4v) is 3.41. The lowest BCUT2D eigenvalue weighted by Crippen LogP contribution is -2.36. The predicted octanol–water partition coefficient (Wildman–Crippen LogP) is 2.22. The maximum Gasteiger partial charge on any atom is 0.234 e. The molecular formula is C18H27N3O2S. The number of carbonyl (C=O) groups excluding carboxylic acids is 2. The molecule has 0 unspecified atom stereocenters. The first kappa shape index (κ1) is 18.8. The minimum absolute atomic E-state index is 0.0651. The molecule has 0 radical (unpaired) electrons. The van der Waals surface area contributed by atoms with Gasteiger partial charge in [0.2, 0.25) is 11.8 Å². The van der Waals surface area contributed by atoms with Crippen molar-refractivity contribution in [3.8, 4) is 0 Å². The fourth-order valence-electron chi connectivity index (χ4n) is 2.69. The van der Waals surface area contributed by atoms with Crippen LogP contribution >= 0.6 is 11.8 Å². The van der Waals surface area contributed by atoms with Crippen molar-refractivity contribution in [3.05, 3.63) is 29.8 Å². The third-order valence-corrected chi connectivity index (χ3v) is 5.10. The number of likely N-dealkylation sites (N-methyl/N-ethyl adjacent to an activating group) is 1. The molecule has 0 atom stereocenters. The van der Waals surface area contributed by atoms with Gasteiger partial charge in [-0.25, -0.2) is 0 Å². The van der Waals surface area contributed by atoms with Gasteiger partial charge in [-0.2, -0.15) is 0 Å². The van der Waals surface area contributed by atoms with Crippen LogP contribution in [0.3, 0.4) is 0 Å². The van der Waals surface area contributed by atoms with Crippen molar-refractivity contribution in [1.82, 2.24) is 9.80 Å². The van der Waals surface area contributed by atoms with Gasteiger partial charge in [0.25, 0.3) is 0 Å². The summed E-state index contributed by atoms with van der Waals surface area (Å²) in [5.41, 5.74) is 1.96. The summed E-state index contributed by atoms with van der Waals surface area (Å²) in [5.74, 6) is 0.743. The van der Waals surface area contributed by atoms with Gasteiger partial charge >= 0.3 is 0 Å². The molecular weight excluding hydrogens is 322 g/mol. The number of nitrogens with one attached hydrogen (secondary N) is 1. The number of anilines is 1. The third kappa shape index (κ3) is 6.17. The Labute approximate surface area is 148 Å². The Balaban J connectivity index is 1.68. The zero-order valence-corrected chi connectivity index (χ0v) is 15.4. The van der Waals surface area contributed by atoms with Crippen molar-refractivity contribution in [2.45, 2.75) is 20.3 Å². The number of amides is 2. The second-order valence-corrected chi connectivity index (χ2v) is 7.06. The number of hydrogen-bond donors (Lipinski definition) is 1. The summed E-state index contributed by atoms with van der Waals surface area (Å²) in [4.78, 5) is 28.5. The van der Waals surface area contributed by atoms with Crippen molar-refractivity contribution >= 4 is 29.3 Å². The van der Waals surface area contributed by atoms with E-state index in [0.717, 1.165) is 50.4 Å². The molecule has 0 aromatic heterocycles. The normalized spacial score (nSPS) is 15.8. The second-order valence-electron chi connectivity index (χ2n) is 6.08. The smallest absolute Gasteiger partial charge is 0.234 e. The zero-order chi connectivity index (χ0) is 17.4. The van der Waals surface area contributed by atoms with E-state index >= 15 is 0 Å². The van der Waals surface area contributed by atoms with Gasteiger partial charge in [0.1, 0.15) is 0 Å². The molecule has 1 aliphatic rings. The van der Waals surface area contributed by atoms with Gasteiger partial charge in [-0.05, 0) is 38.6 Å². The van der Waals surface area contributed by atoms with Crippen molar-refractivity contribution < 1.29 is 9.59 Å². The quantitative estimate of drug-likeness (QED) is 0.856. The van der Waals surface area contributed by atoms with Gasteiger partial charge in [0.05, 0.1) is 11.5 Å². The first-order valence-corrected chi connectivity index (χ1v) is 9.68. The standard InChI is InChI=1S/C18H27N3O2S/c1-3-20-9-4-10-21(12-11-20)18(23)14-24-13-17(22)19-16-7-5-15(2)6-8-16/h5-8H,3-4,9-14H2,1-2H3,(H,19,22). The SMILES string of the molecule is CCN1CCCN(C(=O)CSCC(=O)Nc2ccc(C)cc2)CC1. The van der Waals surface area contributed by atoms with Crippen molar-refractivity contribution in [3.63, 3.8) is 0 Å². The number of carbonyl (C=O) groups is 2. The molecule has 132 valence electrons. The molecule has 0 bridgehead atoms. The average Bonchev–Trinajstić information content (AvgIpc) is 2.82. The Morgan fingerprint density at radius 3 is 2.54 bits per heavy atom. The van der Waals surface area contributed by atoms with E-state index in [9.17, 15) is 9.59 Å². The van der Waals surface area contributed by atoms with Crippen molar-refractivity contribution in [2.24, 2.45) is 0 Å². The van der Waals surface area contributed by atoms with E-state index in [-0.39, 0.29) is 11.8 Å². The molecule has 2 rings (SSSR count). The zero-order valence-electron chi connectivity index (χ0n) is 14.6. The van der Waals surface area contributed by atoms with E-state index in [1.807, 2.05) is 36.1 Å². The lowest BCUT2D eigenvalue weighted by atomic mass is 10.2. The summed E-state index contributed by atoms with van der Waals surface area (Å²) >= 11 is 1.38. The van der Waals surface area contributed by atoms with Crippen molar-refractivity contribution in [1.29, 1.82) is 0 Å². The topological polar surface area (TPSA) is 52.7 Å². The molecule has 1 fully saturated rings. The predicted molar refractivity (Wildman–Crippen MR) is 100 cm³/mol. The fraction of sp³-hybridized carbons (Fsp3) is 0.556. The Morgan fingerprint density at radius 1 is 1.08 bits per heavy atom. The molecule has 0 saturated carbocycles. The van der Waals surface area contributed by atoms with Crippen LogP contribution in [-0.2, 0) is 9.59 Å². The molecule has 0 spiro atoms. The molecule has 1 N–H and O–H groups in total. The largest absolute Gasteiger partial charge is 0.341 e. The van der Waals surface area contributed by atoms with Gasteiger partial charge in [-0.1, -0.05) is 24.6 Å². The highest BCUT2D eigenvalue weighted by Crippen LogP contribution is 2.11. The van der Waals surface area contributed by atoms with Gasteiger partial charge in [0, 0.05) is 25.3 Å². The van der Waals surface area contributed by atoms with E-state index in [0.29, 0.717) is 11.5 Å². The van der Waals surface area contributed by atoms with Crippen LogP contribution in [0.5, 0.6) is 0 Å². The van der Waals surface area contributed by atoms with Gasteiger partial charge in [-0.3, -0.25) is 9.59 Å². The van der Waals surface area contributed by atoms with Gasteiger partial charge < -0.3 is 15.1 Å². The van der Waals surface area contributed by atoms with Crippen LogP contribution in [-0.4, -0.2) is 65.8 Å². The number of nitrogens with zero attached hydrogens (tertiary/aromatic N) is 2. The van der Waals surface area contributed by atoms with E-state index in [4.69, 9.17) is 0 Å². The molecule has 24 heavy (non-hydrogen) atoms. The summed E-state index contributed by atoms with van der Waals surface area (Å²) in [7, 11) is 0. The lowest BCUT2D eigenvalue weighted by Gasteiger charge is -2.21. The summed E-state index contributed by atoms with van der Waals surface area (Å²) in [6.07, 6.45) is 1.03. The number of rotatable bonds is 6. The van der Waals surface area contributed by atoms with E-state index in [2.05, 4.69) is 17.1 Å². The minimum atomic E-state index is -0.0651. The molecule has 1 aromatic rings. The number of benzene rings is 1. The van der Waals surface area contributed by atoms with Crippen molar-refractivity contribution in [2.75, 3.05) is 49.5 Å². The summed E-state index contributed by atoms with van der Waals surface area (Å²) < 4.78 is 0. The average molecular weight is 350 g/mol. The maximum absolute atomic E-state index is 12.3. The van der Waals surface area contributed by atoms with Gasteiger partial charge in [0.15, 0.2) is 0 Å². The summed E-state index contributed by atoms with van der Waals surface area (Å²) in [5, 5.41) is 2.85. The molecule has 1 aromatic carbocycles. The Hall–Kier alpha value is -1.53. The monoisotopic (exact) mass is 349 g/mol. The molecule has 1 heterocycles. The lowest BCUT2D eigenvalue weighted by molar-refractivity contribution is -0.128. The summed E-state index contributed by atoms with van der Waals surface area (Å²) in [6.45, 7) is 8.83. The molecule has 1 aliphatic heterocycles. The van der Waals surface area contributed by atoms with E-state index < -0.39 is 0 Å². The van der Waals surface area contributed by atoms with E-state index in [1.54, 1.807) is 0 Å². The first-order chi connectivity index (χ1) is 11.6. The number of thioether (sulfide) groups is 1. The first-order valence-electron chi connectivity index (χ1n) is 8.53.